The quantitative estimate of drug-likeness (QED) is 0.540. The summed E-state index contributed by atoms with van der Waals surface area (Å²) in [6.07, 6.45) is 6.92. The Morgan fingerprint density at radius 3 is 2.94 bits per heavy atom. The molecule has 1 aromatic heterocycles. The van der Waals surface area contributed by atoms with Crippen molar-refractivity contribution in [3.8, 4) is 0 Å². The molecule has 2 saturated carbocycles. The highest BCUT2D eigenvalue weighted by Gasteiger charge is 2.55. The molecule has 6 rings (SSSR count). The minimum absolute atomic E-state index is 0.0129. The number of carbonyl (C=O) groups excluding carboxylic acids is 1. The Morgan fingerprint density at radius 2 is 2.06 bits per heavy atom. The lowest BCUT2D eigenvalue weighted by Crippen LogP contribution is -2.50. The van der Waals surface area contributed by atoms with Crippen molar-refractivity contribution >= 4 is 5.97 Å². The van der Waals surface area contributed by atoms with Crippen molar-refractivity contribution in [3.63, 3.8) is 0 Å². The van der Waals surface area contributed by atoms with Crippen LogP contribution in [0.1, 0.15) is 57.1 Å². The third-order valence-corrected chi connectivity index (χ3v) is 9.33. The van der Waals surface area contributed by atoms with Crippen LogP contribution in [0.15, 0.2) is 35.1 Å². The van der Waals surface area contributed by atoms with E-state index in [4.69, 9.17) is 4.74 Å². The molecule has 2 saturated heterocycles. The molecule has 5 aliphatic rings. The second-order valence-electron chi connectivity index (χ2n) is 11.3. The minimum atomic E-state index is -0.0129. The van der Waals surface area contributed by atoms with Gasteiger partial charge in [0.05, 0.1) is 5.92 Å². The number of likely N-dealkylation sites (tertiary alicyclic amines) is 1. The average Bonchev–Trinajstić information content (AvgIpc) is 3.01. The zero-order chi connectivity index (χ0) is 21.3. The molecular formula is C26H34N2O3. The fraction of sp³-hybridized carbons (Fsp3) is 0.692. The van der Waals surface area contributed by atoms with E-state index in [0.29, 0.717) is 23.7 Å². The van der Waals surface area contributed by atoms with E-state index in [1.165, 1.54) is 24.1 Å². The van der Waals surface area contributed by atoms with Crippen molar-refractivity contribution in [1.82, 2.24) is 9.47 Å². The molecule has 4 fully saturated rings. The van der Waals surface area contributed by atoms with Gasteiger partial charge >= 0.3 is 5.97 Å². The lowest BCUT2D eigenvalue weighted by Gasteiger charge is -2.50. The lowest BCUT2D eigenvalue weighted by atomic mass is 9.55. The van der Waals surface area contributed by atoms with Gasteiger partial charge in [0.2, 0.25) is 0 Å². The summed E-state index contributed by atoms with van der Waals surface area (Å²) < 4.78 is 7.97. The molecule has 0 N–H and O–H groups in total. The highest BCUT2D eigenvalue weighted by molar-refractivity contribution is 5.75. The smallest absolute Gasteiger partial charge is 0.310 e. The van der Waals surface area contributed by atoms with Crippen LogP contribution >= 0.6 is 0 Å². The summed E-state index contributed by atoms with van der Waals surface area (Å²) in [7, 11) is 0. The van der Waals surface area contributed by atoms with E-state index in [0.717, 1.165) is 51.9 Å². The Bertz CT molecular complexity index is 983. The molecule has 5 heteroatoms. The third kappa shape index (κ3) is 3.14. The Kier molecular flexibility index (Phi) is 4.51. The summed E-state index contributed by atoms with van der Waals surface area (Å²) in [6.45, 7) is 10.3. The minimum Gasteiger partial charge on any atom is -0.462 e. The highest BCUT2D eigenvalue weighted by Crippen LogP contribution is 2.57. The van der Waals surface area contributed by atoms with Gasteiger partial charge in [-0.15, -0.1) is 0 Å². The zero-order valence-electron chi connectivity index (χ0n) is 18.6. The fourth-order valence-corrected chi connectivity index (χ4v) is 7.89. The Balaban J connectivity index is 1.20. The van der Waals surface area contributed by atoms with Crippen LogP contribution in [-0.2, 0) is 16.1 Å². The predicted molar refractivity (Wildman–Crippen MR) is 119 cm³/mol. The lowest BCUT2D eigenvalue weighted by molar-refractivity contribution is -0.146. The van der Waals surface area contributed by atoms with Crippen LogP contribution in [0.4, 0.5) is 0 Å². The normalized spacial score (nSPS) is 41.8. The first-order chi connectivity index (χ1) is 14.9. The molecule has 1 aromatic rings. The Morgan fingerprint density at radius 1 is 1.19 bits per heavy atom. The Hall–Kier alpha value is -1.88. The van der Waals surface area contributed by atoms with Gasteiger partial charge in [0.1, 0.15) is 6.10 Å². The van der Waals surface area contributed by atoms with Crippen molar-refractivity contribution in [2.24, 2.45) is 29.1 Å². The van der Waals surface area contributed by atoms with Crippen LogP contribution in [-0.4, -0.2) is 41.2 Å². The molecule has 0 unspecified atom stereocenters. The number of allylic oxidation sites excluding steroid dienone is 1. The molecule has 0 spiro atoms. The maximum Gasteiger partial charge on any atom is 0.310 e. The molecule has 7 atom stereocenters. The van der Waals surface area contributed by atoms with Gasteiger partial charge in [-0.3, -0.25) is 9.59 Å². The largest absolute Gasteiger partial charge is 0.462 e. The Labute approximate surface area is 184 Å². The number of pyridine rings is 1. The number of rotatable bonds is 2. The maximum atomic E-state index is 13.0. The second-order valence-corrected chi connectivity index (χ2v) is 11.3. The fourth-order valence-electron chi connectivity index (χ4n) is 7.89. The van der Waals surface area contributed by atoms with Crippen LogP contribution in [0.3, 0.4) is 0 Å². The zero-order valence-corrected chi connectivity index (χ0v) is 18.6. The summed E-state index contributed by atoms with van der Waals surface area (Å²) in [4.78, 5) is 27.8. The maximum absolute atomic E-state index is 13.0. The van der Waals surface area contributed by atoms with Crippen LogP contribution < -0.4 is 5.56 Å². The molecule has 2 bridgehead atoms. The van der Waals surface area contributed by atoms with E-state index >= 15 is 0 Å². The SMILES string of the molecule is C=C1CCC[C@]2(C)C[C@H]3OC(=O)[C@@H](CN4C[C@H]5C[C@H](C4)c4cccc(=O)n4C5)[C@H]3C[C@H]12. The number of esters is 1. The van der Waals surface area contributed by atoms with Crippen LogP contribution in [0, 0.1) is 29.1 Å². The first-order valence-corrected chi connectivity index (χ1v) is 12.2. The van der Waals surface area contributed by atoms with Gasteiger partial charge in [0.15, 0.2) is 0 Å². The molecule has 5 nitrogen and oxygen atoms in total. The van der Waals surface area contributed by atoms with E-state index in [-0.39, 0.29) is 29.0 Å². The van der Waals surface area contributed by atoms with Crippen molar-refractivity contribution < 1.29 is 9.53 Å². The average molecular weight is 423 g/mol. The molecular weight excluding hydrogens is 388 g/mol. The molecule has 31 heavy (non-hydrogen) atoms. The predicted octanol–water partition coefficient (Wildman–Crippen LogP) is 3.58. The molecule has 166 valence electrons. The molecule has 2 aliphatic carbocycles. The van der Waals surface area contributed by atoms with Crippen molar-refractivity contribution in [1.29, 1.82) is 0 Å². The molecule has 0 amide bonds. The van der Waals surface area contributed by atoms with Crippen molar-refractivity contribution in [2.75, 3.05) is 19.6 Å². The van der Waals surface area contributed by atoms with Gasteiger partial charge in [0.25, 0.3) is 5.56 Å². The number of piperidine rings is 1. The van der Waals surface area contributed by atoms with Gasteiger partial charge in [-0.05, 0) is 61.8 Å². The third-order valence-electron chi connectivity index (χ3n) is 9.33. The molecule has 3 aliphatic heterocycles. The number of nitrogens with zero attached hydrogens (tertiary/aromatic N) is 2. The number of aromatic nitrogens is 1. The monoisotopic (exact) mass is 422 g/mol. The molecule has 0 aromatic carbocycles. The number of fused-ring (bicyclic) bond motifs is 6. The summed E-state index contributed by atoms with van der Waals surface area (Å²) in [5, 5.41) is 0. The molecule has 4 heterocycles. The standard InChI is InChI=1S/C26H34N2O3/c1-16-5-4-8-26(2)11-23-19(10-21(16)26)20(25(30)31-23)15-27-12-17-9-18(14-27)22-6-3-7-24(29)28(22)13-17/h3,6-7,17-21,23H,1,4-5,8-15H2,2H3/t17-,18-,19-,20+,21-,23-,26-/m1/s1. The van der Waals surface area contributed by atoms with Crippen LogP contribution in [0.5, 0.6) is 0 Å². The first kappa shape index (κ1) is 19.8. The number of hydrogen-bond donors (Lipinski definition) is 0. The summed E-state index contributed by atoms with van der Waals surface area (Å²) in [6, 6.07) is 5.68. The van der Waals surface area contributed by atoms with Crippen LogP contribution in [0.2, 0.25) is 0 Å². The van der Waals surface area contributed by atoms with E-state index in [1.807, 2.05) is 10.6 Å². The highest BCUT2D eigenvalue weighted by atomic mass is 16.6. The van der Waals surface area contributed by atoms with Gasteiger partial charge in [0, 0.05) is 49.8 Å². The van der Waals surface area contributed by atoms with Gasteiger partial charge < -0.3 is 14.2 Å². The topological polar surface area (TPSA) is 51.5 Å². The second kappa shape index (κ2) is 7.06. The van der Waals surface area contributed by atoms with E-state index in [2.05, 4.69) is 24.5 Å². The van der Waals surface area contributed by atoms with Crippen molar-refractivity contribution in [2.45, 2.75) is 64.0 Å². The first-order valence-electron chi connectivity index (χ1n) is 12.2. The van der Waals surface area contributed by atoms with Gasteiger partial charge in [-0.2, -0.15) is 0 Å². The van der Waals surface area contributed by atoms with Gasteiger partial charge in [-0.1, -0.05) is 25.1 Å². The van der Waals surface area contributed by atoms with E-state index < -0.39 is 0 Å². The van der Waals surface area contributed by atoms with E-state index in [9.17, 15) is 9.59 Å². The summed E-state index contributed by atoms with van der Waals surface area (Å²) in [5.41, 5.74) is 2.96. The number of hydrogen-bond acceptors (Lipinski definition) is 4. The van der Waals surface area contributed by atoms with Crippen LogP contribution in [0.25, 0.3) is 0 Å². The summed E-state index contributed by atoms with van der Waals surface area (Å²) in [5.74, 6) is 1.77. The number of ether oxygens (including phenoxy) is 1. The summed E-state index contributed by atoms with van der Waals surface area (Å²) >= 11 is 0. The molecule has 0 radical (unpaired) electrons. The number of carbonyl (C=O) groups is 1. The van der Waals surface area contributed by atoms with E-state index in [1.54, 1.807) is 6.07 Å². The van der Waals surface area contributed by atoms with Crippen molar-refractivity contribution in [3.05, 3.63) is 46.4 Å². The van der Waals surface area contributed by atoms with Gasteiger partial charge in [-0.25, -0.2) is 0 Å².